The number of hydrogen-bond donors (Lipinski definition) is 2. The predicted molar refractivity (Wildman–Crippen MR) is 98.7 cm³/mol. The highest BCUT2D eigenvalue weighted by Gasteiger charge is 2.16. The molecule has 0 radical (unpaired) electrons. The molecule has 0 saturated heterocycles. The van der Waals surface area contributed by atoms with Gasteiger partial charge in [0.05, 0.1) is 4.90 Å². The number of aryl methyl sites for hydroxylation is 3. The second-order valence-electron chi connectivity index (χ2n) is 6.28. The van der Waals surface area contributed by atoms with Gasteiger partial charge in [-0.15, -0.1) is 0 Å². The van der Waals surface area contributed by atoms with Crippen LogP contribution in [0.5, 0.6) is 0 Å². The Balaban J connectivity index is 1.84. The second-order valence-corrected chi connectivity index (χ2v) is 8.01. The van der Waals surface area contributed by atoms with E-state index in [0.29, 0.717) is 16.7 Å². The van der Waals surface area contributed by atoms with Crippen molar-refractivity contribution in [1.29, 1.82) is 0 Å². The van der Waals surface area contributed by atoms with E-state index >= 15 is 0 Å². The van der Waals surface area contributed by atoms with Crippen molar-refractivity contribution in [2.45, 2.75) is 38.6 Å². The molecule has 26 heavy (non-hydrogen) atoms. The predicted octanol–water partition coefficient (Wildman–Crippen LogP) is 2.74. The van der Waals surface area contributed by atoms with E-state index < -0.39 is 10.0 Å². The third-order valence-electron chi connectivity index (χ3n) is 3.99. The zero-order chi connectivity index (χ0) is 19.3. The second kappa shape index (κ2) is 8.42. The van der Waals surface area contributed by atoms with Crippen LogP contribution in [0.2, 0.25) is 0 Å². The molecule has 2 N–H and O–H groups in total. The molecule has 0 aliphatic heterocycles. The highest BCUT2D eigenvalue weighted by atomic mass is 32.2. The summed E-state index contributed by atoms with van der Waals surface area (Å²) in [6.07, 6.45) is -0.00151. The van der Waals surface area contributed by atoms with Crippen LogP contribution in [0.15, 0.2) is 41.3 Å². The fourth-order valence-corrected chi connectivity index (χ4v) is 3.77. The monoisotopic (exact) mass is 378 g/mol. The van der Waals surface area contributed by atoms with Gasteiger partial charge in [-0.2, -0.15) is 0 Å². The quantitative estimate of drug-likeness (QED) is 0.778. The number of halogens is 1. The van der Waals surface area contributed by atoms with E-state index in [1.807, 2.05) is 6.92 Å². The highest BCUT2D eigenvalue weighted by molar-refractivity contribution is 7.89. The zero-order valence-electron chi connectivity index (χ0n) is 15.1. The summed E-state index contributed by atoms with van der Waals surface area (Å²) in [5, 5.41) is 2.65. The zero-order valence-corrected chi connectivity index (χ0v) is 15.9. The summed E-state index contributed by atoms with van der Waals surface area (Å²) in [4.78, 5) is 12.1. The fraction of sp³-hybridized carbons (Fsp3) is 0.316. The first-order valence-corrected chi connectivity index (χ1v) is 9.76. The molecular weight excluding hydrogens is 355 g/mol. The Bertz CT molecular complexity index is 911. The summed E-state index contributed by atoms with van der Waals surface area (Å²) in [5.41, 5.74) is 2.83. The van der Waals surface area contributed by atoms with E-state index in [0.717, 1.165) is 5.56 Å². The Morgan fingerprint density at radius 3 is 2.42 bits per heavy atom. The number of sulfonamides is 1. The molecule has 140 valence electrons. The van der Waals surface area contributed by atoms with Crippen LogP contribution in [0.4, 0.5) is 4.39 Å². The minimum atomic E-state index is -3.66. The van der Waals surface area contributed by atoms with Gasteiger partial charge in [0.1, 0.15) is 5.82 Å². The van der Waals surface area contributed by atoms with Gasteiger partial charge >= 0.3 is 0 Å². The molecule has 0 aromatic heterocycles. The standard InChI is InChI=1S/C19H23FN2O3S/c1-13-4-7-18(15(3)10-13)26(24,25)22-9-8-19(23)21-12-16-6-5-14(2)17(20)11-16/h4-7,10-11,22H,8-9,12H2,1-3H3,(H,21,23). The van der Waals surface area contributed by atoms with Crippen LogP contribution in [-0.2, 0) is 21.4 Å². The third-order valence-corrected chi connectivity index (χ3v) is 5.61. The van der Waals surface area contributed by atoms with Gasteiger partial charge in [0, 0.05) is 19.5 Å². The first kappa shape index (κ1) is 20.1. The largest absolute Gasteiger partial charge is 0.352 e. The summed E-state index contributed by atoms with van der Waals surface area (Å²) in [5.74, 6) is -0.632. The lowest BCUT2D eigenvalue weighted by Gasteiger charge is -2.10. The molecule has 2 aromatic carbocycles. The molecule has 0 heterocycles. The number of carbonyl (C=O) groups excluding carboxylic acids is 1. The number of rotatable bonds is 7. The lowest BCUT2D eigenvalue weighted by molar-refractivity contribution is -0.121. The first-order chi connectivity index (χ1) is 12.2. The van der Waals surface area contributed by atoms with Gasteiger partial charge in [0.15, 0.2) is 0 Å². The van der Waals surface area contributed by atoms with E-state index in [9.17, 15) is 17.6 Å². The van der Waals surface area contributed by atoms with Crippen molar-refractivity contribution < 1.29 is 17.6 Å². The average molecular weight is 378 g/mol. The van der Waals surface area contributed by atoms with Crippen molar-refractivity contribution in [1.82, 2.24) is 10.0 Å². The van der Waals surface area contributed by atoms with E-state index in [1.165, 1.54) is 6.07 Å². The molecule has 0 aliphatic rings. The molecule has 0 unspecified atom stereocenters. The minimum absolute atomic E-state index is 0.00151. The molecular formula is C19H23FN2O3S. The maximum absolute atomic E-state index is 13.5. The molecule has 0 atom stereocenters. The smallest absolute Gasteiger partial charge is 0.240 e. The fourth-order valence-electron chi connectivity index (χ4n) is 2.51. The van der Waals surface area contributed by atoms with Crippen LogP contribution in [0.3, 0.4) is 0 Å². The van der Waals surface area contributed by atoms with E-state index in [1.54, 1.807) is 44.2 Å². The summed E-state index contributed by atoms with van der Waals surface area (Å²) < 4.78 is 40.5. The van der Waals surface area contributed by atoms with Crippen LogP contribution in [0, 0.1) is 26.6 Å². The van der Waals surface area contributed by atoms with Gasteiger partial charge in [-0.25, -0.2) is 17.5 Å². The van der Waals surface area contributed by atoms with Gasteiger partial charge in [-0.3, -0.25) is 4.79 Å². The molecule has 5 nitrogen and oxygen atoms in total. The van der Waals surface area contributed by atoms with Gasteiger partial charge in [0.2, 0.25) is 15.9 Å². The maximum Gasteiger partial charge on any atom is 0.240 e. The number of amides is 1. The summed E-state index contributed by atoms with van der Waals surface area (Å²) in [6, 6.07) is 9.84. The molecule has 0 bridgehead atoms. The van der Waals surface area contributed by atoms with Crippen LogP contribution in [0.1, 0.15) is 28.7 Å². The van der Waals surface area contributed by atoms with Crippen molar-refractivity contribution in [2.24, 2.45) is 0 Å². The van der Waals surface area contributed by atoms with Crippen LogP contribution >= 0.6 is 0 Å². The van der Waals surface area contributed by atoms with Crippen molar-refractivity contribution in [3.8, 4) is 0 Å². The van der Waals surface area contributed by atoms with Crippen molar-refractivity contribution in [3.63, 3.8) is 0 Å². The lowest BCUT2D eigenvalue weighted by atomic mass is 10.1. The van der Waals surface area contributed by atoms with E-state index in [2.05, 4.69) is 10.0 Å². The number of benzene rings is 2. The van der Waals surface area contributed by atoms with Crippen molar-refractivity contribution in [2.75, 3.05) is 6.54 Å². The molecule has 2 aromatic rings. The molecule has 0 fully saturated rings. The van der Waals surface area contributed by atoms with Gasteiger partial charge in [-0.1, -0.05) is 29.8 Å². The number of hydrogen-bond acceptors (Lipinski definition) is 3. The molecule has 1 amide bonds. The Hall–Kier alpha value is -2.25. The summed E-state index contributed by atoms with van der Waals surface area (Å²) in [7, 11) is -3.66. The lowest BCUT2D eigenvalue weighted by Crippen LogP contribution is -2.31. The number of carbonyl (C=O) groups is 1. The maximum atomic E-state index is 13.5. The van der Waals surface area contributed by atoms with E-state index in [-0.39, 0.29) is 36.1 Å². The highest BCUT2D eigenvalue weighted by Crippen LogP contribution is 2.16. The van der Waals surface area contributed by atoms with Crippen molar-refractivity contribution in [3.05, 3.63) is 64.5 Å². The topological polar surface area (TPSA) is 75.3 Å². The molecule has 7 heteroatoms. The van der Waals surface area contributed by atoms with Gasteiger partial charge < -0.3 is 5.32 Å². The van der Waals surface area contributed by atoms with Crippen LogP contribution in [-0.4, -0.2) is 20.9 Å². The Labute approximate surface area is 153 Å². The van der Waals surface area contributed by atoms with Crippen LogP contribution < -0.4 is 10.0 Å². The number of nitrogens with one attached hydrogen (secondary N) is 2. The SMILES string of the molecule is Cc1ccc(S(=O)(=O)NCCC(=O)NCc2ccc(C)c(F)c2)c(C)c1. The van der Waals surface area contributed by atoms with E-state index in [4.69, 9.17) is 0 Å². The Morgan fingerprint density at radius 1 is 1.04 bits per heavy atom. The summed E-state index contributed by atoms with van der Waals surface area (Å²) in [6.45, 7) is 5.47. The first-order valence-electron chi connectivity index (χ1n) is 8.27. The summed E-state index contributed by atoms with van der Waals surface area (Å²) >= 11 is 0. The van der Waals surface area contributed by atoms with Gasteiger partial charge in [-0.05, 0) is 49.6 Å². The molecule has 2 rings (SSSR count). The third kappa shape index (κ3) is 5.37. The van der Waals surface area contributed by atoms with Crippen LogP contribution in [0.25, 0.3) is 0 Å². The van der Waals surface area contributed by atoms with Gasteiger partial charge in [0.25, 0.3) is 0 Å². The average Bonchev–Trinajstić information content (AvgIpc) is 2.55. The molecule has 0 aliphatic carbocycles. The Kier molecular flexibility index (Phi) is 6.50. The Morgan fingerprint density at radius 2 is 1.77 bits per heavy atom. The van der Waals surface area contributed by atoms with Crippen molar-refractivity contribution >= 4 is 15.9 Å². The molecule has 0 spiro atoms. The minimum Gasteiger partial charge on any atom is -0.352 e. The normalized spacial score (nSPS) is 11.4. The molecule has 0 saturated carbocycles.